The van der Waals surface area contributed by atoms with Crippen molar-refractivity contribution in [2.24, 2.45) is 5.41 Å². The number of ether oxygens (including phenoxy) is 1. The lowest BCUT2D eigenvalue weighted by Crippen LogP contribution is -2.15. The van der Waals surface area contributed by atoms with Crippen molar-refractivity contribution in [2.75, 3.05) is 11.9 Å². The van der Waals surface area contributed by atoms with Crippen LogP contribution in [0.3, 0.4) is 0 Å². The molecule has 1 atom stereocenters. The van der Waals surface area contributed by atoms with Crippen LogP contribution in [-0.2, 0) is 0 Å². The summed E-state index contributed by atoms with van der Waals surface area (Å²) in [5, 5.41) is 1.06. The molecule has 1 nitrogen and oxygen atoms in total. The largest absolute Gasteiger partial charge is 0.493 e. The van der Waals surface area contributed by atoms with Crippen LogP contribution >= 0.6 is 15.9 Å². The fraction of sp³-hybridized carbons (Fsp3) is 0.600. The predicted molar refractivity (Wildman–Crippen MR) is 76.1 cm³/mol. The fourth-order valence-electron chi connectivity index (χ4n) is 1.96. The van der Waals surface area contributed by atoms with Crippen LogP contribution in [0.2, 0.25) is 0 Å². The Kier molecular flexibility index (Phi) is 4.13. The van der Waals surface area contributed by atoms with E-state index in [4.69, 9.17) is 4.74 Å². The molecule has 94 valence electrons. The van der Waals surface area contributed by atoms with Crippen LogP contribution in [0.4, 0.5) is 0 Å². The van der Waals surface area contributed by atoms with Gasteiger partial charge in [0.15, 0.2) is 0 Å². The molecule has 0 N–H and O–H groups in total. The lowest BCUT2D eigenvalue weighted by molar-refractivity contribution is 0.248. The Morgan fingerprint density at radius 2 is 2.06 bits per heavy atom. The summed E-state index contributed by atoms with van der Waals surface area (Å²) in [4.78, 5) is 0. The van der Waals surface area contributed by atoms with Gasteiger partial charge in [0.2, 0.25) is 0 Å². The predicted octanol–water partition coefficient (Wildman–Crippen LogP) is 4.75. The van der Waals surface area contributed by atoms with E-state index >= 15 is 0 Å². The van der Waals surface area contributed by atoms with E-state index < -0.39 is 0 Å². The molecule has 0 heterocycles. The highest BCUT2D eigenvalue weighted by Crippen LogP contribution is 2.47. The third-order valence-corrected chi connectivity index (χ3v) is 5.03. The van der Waals surface area contributed by atoms with Crippen LogP contribution in [-0.4, -0.2) is 11.9 Å². The molecule has 0 aliphatic heterocycles. The summed E-state index contributed by atoms with van der Waals surface area (Å²) in [5.74, 6) is 1.65. The van der Waals surface area contributed by atoms with Crippen molar-refractivity contribution in [1.82, 2.24) is 0 Å². The molecule has 1 aromatic carbocycles. The van der Waals surface area contributed by atoms with Crippen molar-refractivity contribution in [3.8, 4) is 5.75 Å². The lowest BCUT2D eigenvalue weighted by Gasteiger charge is -2.18. The highest BCUT2D eigenvalue weighted by Gasteiger charge is 2.42. The molecule has 0 radical (unpaired) electrons. The minimum atomic E-state index is 0.419. The Morgan fingerprint density at radius 1 is 1.35 bits per heavy atom. The molecular formula is C15H21BrO. The lowest BCUT2D eigenvalue weighted by atomic mass is 9.98. The zero-order valence-corrected chi connectivity index (χ0v) is 12.3. The van der Waals surface area contributed by atoms with Gasteiger partial charge in [-0.3, -0.25) is 0 Å². The van der Waals surface area contributed by atoms with Gasteiger partial charge in [0.25, 0.3) is 0 Å². The molecule has 1 saturated carbocycles. The molecule has 1 aliphatic carbocycles. The van der Waals surface area contributed by atoms with Gasteiger partial charge in [-0.1, -0.05) is 48.0 Å². The average molecular weight is 297 g/mol. The summed E-state index contributed by atoms with van der Waals surface area (Å²) >= 11 is 3.59. The first-order valence-electron chi connectivity index (χ1n) is 6.48. The van der Waals surface area contributed by atoms with Crippen LogP contribution < -0.4 is 4.74 Å². The molecule has 1 fully saturated rings. The minimum absolute atomic E-state index is 0.419. The van der Waals surface area contributed by atoms with Crippen molar-refractivity contribution in [2.45, 2.75) is 39.0 Å². The van der Waals surface area contributed by atoms with Crippen LogP contribution in [0.15, 0.2) is 24.3 Å². The second-order valence-electron chi connectivity index (χ2n) is 5.27. The van der Waals surface area contributed by atoms with Gasteiger partial charge >= 0.3 is 0 Å². The molecule has 1 unspecified atom stereocenters. The molecule has 0 aromatic heterocycles. The second-order valence-corrected chi connectivity index (χ2v) is 5.83. The van der Waals surface area contributed by atoms with E-state index in [1.54, 1.807) is 0 Å². The molecule has 1 aromatic rings. The van der Waals surface area contributed by atoms with Crippen molar-refractivity contribution in [3.05, 3.63) is 29.8 Å². The number of hydrogen-bond donors (Lipinski definition) is 0. The molecule has 2 rings (SSSR count). The maximum Gasteiger partial charge on any atom is 0.122 e. The third-order valence-electron chi connectivity index (χ3n) is 3.84. The minimum Gasteiger partial charge on any atom is -0.493 e. The number of benzene rings is 1. The van der Waals surface area contributed by atoms with Crippen LogP contribution in [0.25, 0.3) is 0 Å². The normalized spacial score (nSPS) is 18.8. The quantitative estimate of drug-likeness (QED) is 0.688. The van der Waals surface area contributed by atoms with Gasteiger partial charge in [0.1, 0.15) is 5.75 Å². The standard InChI is InChI=1S/C15H21BrO/c1-3-12(2)13-6-4-5-7-14(13)17-11-15(10-16)8-9-15/h4-7,12H,3,8-11H2,1-2H3. The number of rotatable bonds is 6. The van der Waals surface area contributed by atoms with Gasteiger partial charge in [0, 0.05) is 10.7 Å². The highest BCUT2D eigenvalue weighted by atomic mass is 79.9. The molecule has 0 spiro atoms. The van der Waals surface area contributed by atoms with E-state index in [9.17, 15) is 0 Å². The molecule has 1 aliphatic rings. The summed E-state index contributed by atoms with van der Waals surface area (Å²) in [7, 11) is 0. The summed E-state index contributed by atoms with van der Waals surface area (Å²) < 4.78 is 6.05. The zero-order valence-electron chi connectivity index (χ0n) is 10.7. The van der Waals surface area contributed by atoms with E-state index in [1.807, 2.05) is 0 Å². The Hall–Kier alpha value is -0.500. The Balaban J connectivity index is 2.04. The summed E-state index contributed by atoms with van der Waals surface area (Å²) in [6.07, 6.45) is 3.75. The first-order valence-corrected chi connectivity index (χ1v) is 7.60. The SMILES string of the molecule is CCC(C)c1ccccc1OCC1(CBr)CC1. The topological polar surface area (TPSA) is 9.23 Å². The number of para-hydroxylation sites is 1. The average Bonchev–Trinajstić information content (AvgIpc) is 3.16. The summed E-state index contributed by atoms with van der Waals surface area (Å²) in [5.41, 5.74) is 1.77. The van der Waals surface area contributed by atoms with Gasteiger partial charge in [-0.05, 0) is 36.8 Å². The highest BCUT2D eigenvalue weighted by molar-refractivity contribution is 9.09. The molecule has 17 heavy (non-hydrogen) atoms. The van der Waals surface area contributed by atoms with Crippen LogP contribution in [0.5, 0.6) is 5.75 Å². The van der Waals surface area contributed by atoms with Gasteiger partial charge in [-0.25, -0.2) is 0 Å². The van der Waals surface area contributed by atoms with Crippen molar-refractivity contribution < 1.29 is 4.74 Å². The first-order chi connectivity index (χ1) is 8.21. The monoisotopic (exact) mass is 296 g/mol. The van der Waals surface area contributed by atoms with Crippen LogP contribution in [0.1, 0.15) is 44.6 Å². The van der Waals surface area contributed by atoms with Crippen molar-refractivity contribution >= 4 is 15.9 Å². The van der Waals surface area contributed by atoms with E-state index in [-0.39, 0.29) is 0 Å². The van der Waals surface area contributed by atoms with Crippen LogP contribution in [0, 0.1) is 5.41 Å². The molecule has 0 saturated heterocycles. The number of alkyl halides is 1. The van der Waals surface area contributed by atoms with Gasteiger partial charge < -0.3 is 4.74 Å². The molecular weight excluding hydrogens is 276 g/mol. The van der Waals surface area contributed by atoms with E-state index in [1.165, 1.54) is 18.4 Å². The van der Waals surface area contributed by atoms with Gasteiger partial charge in [0.05, 0.1) is 6.61 Å². The number of hydrogen-bond acceptors (Lipinski definition) is 1. The fourth-order valence-corrected chi connectivity index (χ4v) is 2.69. The number of halogens is 1. The van der Waals surface area contributed by atoms with E-state index in [0.29, 0.717) is 11.3 Å². The van der Waals surface area contributed by atoms with Crippen molar-refractivity contribution in [1.29, 1.82) is 0 Å². The van der Waals surface area contributed by atoms with E-state index in [0.717, 1.165) is 24.1 Å². The molecule has 0 amide bonds. The van der Waals surface area contributed by atoms with Gasteiger partial charge in [-0.2, -0.15) is 0 Å². The Bertz CT molecular complexity index is 371. The van der Waals surface area contributed by atoms with E-state index in [2.05, 4.69) is 54.0 Å². The summed E-state index contributed by atoms with van der Waals surface area (Å²) in [6, 6.07) is 8.46. The Morgan fingerprint density at radius 3 is 2.65 bits per heavy atom. The van der Waals surface area contributed by atoms with Crippen molar-refractivity contribution in [3.63, 3.8) is 0 Å². The third kappa shape index (κ3) is 3.04. The first kappa shape index (κ1) is 12.9. The Labute approximate surface area is 113 Å². The maximum atomic E-state index is 6.05. The zero-order chi connectivity index (χ0) is 12.3. The van der Waals surface area contributed by atoms with Gasteiger partial charge in [-0.15, -0.1) is 0 Å². The molecule has 2 heteroatoms. The second kappa shape index (κ2) is 5.43. The molecule has 0 bridgehead atoms. The smallest absolute Gasteiger partial charge is 0.122 e. The summed E-state index contributed by atoms with van der Waals surface area (Å²) in [6.45, 7) is 5.34. The maximum absolute atomic E-state index is 6.05.